The summed E-state index contributed by atoms with van der Waals surface area (Å²) in [5, 5.41) is 0. The number of nitrogens with two attached hydrogens (primary N) is 1. The molecule has 1 aliphatic rings. The number of carbonyl (C=O) groups is 1. The summed E-state index contributed by atoms with van der Waals surface area (Å²) in [5.74, 6) is 0.798. The van der Waals surface area contributed by atoms with E-state index < -0.39 is 0 Å². The van der Waals surface area contributed by atoms with Crippen LogP contribution in [0.3, 0.4) is 0 Å². The zero-order valence-corrected chi connectivity index (χ0v) is 11.4. The normalized spacial score (nSPS) is 16.4. The fraction of sp³-hybridized carbons (Fsp3) is 0.500. The molecule has 104 valence electrons. The van der Waals surface area contributed by atoms with E-state index in [9.17, 15) is 4.79 Å². The van der Waals surface area contributed by atoms with Crippen molar-refractivity contribution in [2.45, 2.75) is 26.4 Å². The predicted molar refractivity (Wildman–Crippen MR) is 72.0 cm³/mol. The highest BCUT2D eigenvalue weighted by atomic mass is 16.6. The van der Waals surface area contributed by atoms with Crippen molar-refractivity contribution in [3.05, 3.63) is 29.3 Å². The third-order valence-electron chi connectivity index (χ3n) is 3.12. The highest BCUT2D eigenvalue weighted by molar-refractivity contribution is 5.69. The number of cyclic esters (lactones) is 1. The second-order valence-corrected chi connectivity index (χ2v) is 4.62. The third-order valence-corrected chi connectivity index (χ3v) is 3.12. The van der Waals surface area contributed by atoms with Crippen LogP contribution in [0, 0.1) is 0 Å². The van der Waals surface area contributed by atoms with Gasteiger partial charge in [-0.2, -0.15) is 0 Å². The quantitative estimate of drug-likeness (QED) is 0.884. The Morgan fingerprint density at radius 2 is 2.32 bits per heavy atom. The number of ether oxygens (including phenoxy) is 2. The van der Waals surface area contributed by atoms with Crippen LogP contribution in [0.4, 0.5) is 4.79 Å². The Hall–Kier alpha value is -1.75. The fourth-order valence-corrected chi connectivity index (χ4v) is 2.08. The molecule has 0 bridgehead atoms. The summed E-state index contributed by atoms with van der Waals surface area (Å²) in [6.45, 7) is 6.03. The third kappa shape index (κ3) is 3.17. The van der Waals surface area contributed by atoms with Gasteiger partial charge in [-0.15, -0.1) is 0 Å². The van der Waals surface area contributed by atoms with Crippen molar-refractivity contribution < 1.29 is 14.3 Å². The maximum Gasteiger partial charge on any atom is 0.410 e. The van der Waals surface area contributed by atoms with E-state index in [1.54, 1.807) is 4.90 Å². The second-order valence-electron chi connectivity index (χ2n) is 4.62. The second kappa shape index (κ2) is 5.93. The molecular weight excluding hydrogens is 244 g/mol. The van der Waals surface area contributed by atoms with Crippen LogP contribution in [0.2, 0.25) is 0 Å². The van der Waals surface area contributed by atoms with Gasteiger partial charge in [0, 0.05) is 11.6 Å². The van der Waals surface area contributed by atoms with Gasteiger partial charge in [0.25, 0.3) is 0 Å². The van der Waals surface area contributed by atoms with Crippen LogP contribution in [-0.4, -0.2) is 30.8 Å². The van der Waals surface area contributed by atoms with Crippen molar-refractivity contribution in [2.75, 3.05) is 19.8 Å². The van der Waals surface area contributed by atoms with E-state index in [1.807, 2.05) is 32.0 Å². The summed E-state index contributed by atoms with van der Waals surface area (Å²) in [5.41, 5.74) is 7.90. The Kier molecular flexibility index (Phi) is 4.27. The van der Waals surface area contributed by atoms with Crippen LogP contribution in [0.15, 0.2) is 18.2 Å². The fourth-order valence-electron chi connectivity index (χ4n) is 2.08. The molecule has 2 N–H and O–H groups in total. The van der Waals surface area contributed by atoms with Crippen LogP contribution in [0.25, 0.3) is 0 Å². The summed E-state index contributed by atoms with van der Waals surface area (Å²) < 4.78 is 10.5. The van der Waals surface area contributed by atoms with Crippen LogP contribution in [0.5, 0.6) is 5.75 Å². The van der Waals surface area contributed by atoms with Crippen molar-refractivity contribution in [3.63, 3.8) is 0 Å². The number of nitrogens with zero attached hydrogens (tertiary/aromatic N) is 1. The molecule has 1 fully saturated rings. The summed E-state index contributed by atoms with van der Waals surface area (Å²) in [7, 11) is 0. The van der Waals surface area contributed by atoms with E-state index in [1.165, 1.54) is 0 Å². The van der Waals surface area contributed by atoms with Crippen molar-refractivity contribution in [1.82, 2.24) is 4.90 Å². The van der Waals surface area contributed by atoms with Crippen molar-refractivity contribution in [2.24, 2.45) is 5.73 Å². The lowest BCUT2D eigenvalue weighted by Crippen LogP contribution is -2.24. The Labute approximate surface area is 113 Å². The highest BCUT2D eigenvalue weighted by Gasteiger charge is 2.23. The van der Waals surface area contributed by atoms with Gasteiger partial charge in [0.2, 0.25) is 0 Å². The minimum atomic E-state index is -0.270. The molecule has 0 saturated carbocycles. The van der Waals surface area contributed by atoms with Crippen molar-refractivity contribution >= 4 is 6.09 Å². The minimum Gasteiger partial charge on any atom is -0.494 e. The lowest BCUT2D eigenvalue weighted by molar-refractivity contribution is 0.157. The number of rotatable bonds is 5. The molecule has 1 amide bonds. The van der Waals surface area contributed by atoms with Gasteiger partial charge in [-0.3, -0.25) is 0 Å². The lowest BCUT2D eigenvalue weighted by atomic mass is 10.0. The first-order valence-corrected chi connectivity index (χ1v) is 6.54. The maximum absolute atomic E-state index is 11.5. The van der Waals surface area contributed by atoms with Gasteiger partial charge in [-0.1, -0.05) is 6.07 Å². The average Bonchev–Trinajstić information content (AvgIpc) is 2.77. The molecule has 1 saturated heterocycles. The number of hydrogen-bond acceptors (Lipinski definition) is 4. The van der Waals surface area contributed by atoms with Gasteiger partial charge < -0.3 is 20.1 Å². The number of carbonyl (C=O) groups excluding carboxylic acids is 1. The van der Waals surface area contributed by atoms with E-state index >= 15 is 0 Å². The minimum absolute atomic E-state index is 0.0417. The Morgan fingerprint density at radius 3 is 2.89 bits per heavy atom. The van der Waals surface area contributed by atoms with E-state index in [0.29, 0.717) is 26.3 Å². The molecule has 2 rings (SSSR count). The maximum atomic E-state index is 11.5. The molecule has 1 aromatic rings. The smallest absolute Gasteiger partial charge is 0.410 e. The molecule has 0 aliphatic carbocycles. The topological polar surface area (TPSA) is 64.8 Å². The van der Waals surface area contributed by atoms with Crippen molar-refractivity contribution in [3.8, 4) is 5.75 Å². The monoisotopic (exact) mass is 264 g/mol. The Morgan fingerprint density at radius 1 is 1.53 bits per heavy atom. The molecule has 1 heterocycles. The van der Waals surface area contributed by atoms with E-state index in [4.69, 9.17) is 15.2 Å². The van der Waals surface area contributed by atoms with E-state index in [-0.39, 0.29) is 12.1 Å². The van der Waals surface area contributed by atoms with Gasteiger partial charge in [0.1, 0.15) is 12.4 Å². The molecule has 1 atom stereocenters. The standard InChI is InChI=1S/C14H20N2O3/c1-3-18-13-5-4-11(10(2)15)8-12(13)9-16-6-7-19-14(16)17/h4-5,8,10H,3,6-7,9,15H2,1-2H3. The van der Waals surface area contributed by atoms with Gasteiger partial charge >= 0.3 is 6.09 Å². The zero-order valence-electron chi connectivity index (χ0n) is 11.4. The number of amides is 1. The van der Waals surface area contributed by atoms with Gasteiger partial charge in [-0.25, -0.2) is 4.79 Å². The van der Waals surface area contributed by atoms with Gasteiger partial charge in [0.15, 0.2) is 0 Å². The Balaban J connectivity index is 2.23. The van der Waals surface area contributed by atoms with E-state index in [0.717, 1.165) is 16.9 Å². The number of benzene rings is 1. The van der Waals surface area contributed by atoms with Gasteiger partial charge in [-0.05, 0) is 31.5 Å². The molecule has 5 nitrogen and oxygen atoms in total. The first-order valence-electron chi connectivity index (χ1n) is 6.54. The molecule has 1 aromatic carbocycles. The van der Waals surface area contributed by atoms with Crippen LogP contribution < -0.4 is 10.5 Å². The SMILES string of the molecule is CCOc1ccc(C(C)N)cc1CN1CCOC1=O. The predicted octanol–water partition coefficient (Wildman–Crippen LogP) is 2.06. The summed E-state index contributed by atoms with van der Waals surface area (Å²) in [6, 6.07) is 5.83. The van der Waals surface area contributed by atoms with Crippen molar-refractivity contribution in [1.29, 1.82) is 0 Å². The number of hydrogen-bond donors (Lipinski definition) is 1. The summed E-state index contributed by atoms with van der Waals surface area (Å²) in [4.78, 5) is 13.2. The first kappa shape index (κ1) is 13.7. The van der Waals surface area contributed by atoms with Crippen LogP contribution in [0.1, 0.15) is 31.0 Å². The van der Waals surface area contributed by atoms with Crippen LogP contribution in [-0.2, 0) is 11.3 Å². The molecule has 1 aliphatic heterocycles. The van der Waals surface area contributed by atoms with Gasteiger partial charge in [0.05, 0.1) is 19.7 Å². The lowest BCUT2D eigenvalue weighted by Gasteiger charge is -2.18. The molecule has 19 heavy (non-hydrogen) atoms. The zero-order chi connectivity index (χ0) is 13.8. The largest absolute Gasteiger partial charge is 0.494 e. The molecule has 0 aromatic heterocycles. The molecule has 5 heteroatoms. The molecular formula is C14H20N2O3. The molecule has 1 unspecified atom stereocenters. The summed E-state index contributed by atoms with van der Waals surface area (Å²) in [6.07, 6.45) is -0.270. The molecule has 0 spiro atoms. The summed E-state index contributed by atoms with van der Waals surface area (Å²) >= 11 is 0. The average molecular weight is 264 g/mol. The highest BCUT2D eigenvalue weighted by Crippen LogP contribution is 2.25. The first-order chi connectivity index (χ1) is 9.11. The molecule has 0 radical (unpaired) electrons. The Bertz CT molecular complexity index is 460. The van der Waals surface area contributed by atoms with Crippen LogP contribution >= 0.6 is 0 Å². The van der Waals surface area contributed by atoms with E-state index in [2.05, 4.69) is 0 Å².